The van der Waals surface area contributed by atoms with Crippen LogP contribution in [0.1, 0.15) is 39.1 Å². The van der Waals surface area contributed by atoms with Gasteiger partial charge in [-0.05, 0) is 26.3 Å². The summed E-state index contributed by atoms with van der Waals surface area (Å²) in [5.41, 5.74) is 1.91. The lowest BCUT2D eigenvalue weighted by Crippen LogP contribution is -2.63. The highest BCUT2D eigenvalue weighted by Gasteiger charge is 2.53. The minimum Gasteiger partial charge on any atom is -0.465 e. The summed E-state index contributed by atoms with van der Waals surface area (Å²) in [5.74, 6) is -0.263. The summed E-state index contributed by atoms with van der Waals surface area (Å²) in [7, 11) is 1.55. The first-order valence-corrected chi connectivity index (χ1v) is 9.92. The fourth-order valence-electron chi connectivity index (χ4n) is 3.55. The fourth-order valence-corrected chi connectivity index (χ4v) is 3.55. The van der Waals surface area contributed by atoms with E-state index in [1.807, 2.05) is 31.4 Å². The van der Waals surface area contributed by atoms with E-state index in [4.69, 9.17) is 4.74 Å². The van der Waals surface area contributed by atoms with E-state index in [2.05, 4.69) is 10.1 Å². The molecule has 0 saturated carbocycles. The standard InChI is InChI=1S/C19H27N6O4/c1-6-12-10-13(7-2)25(21-12)18-20-16-15(23(18)8-3)17(27)24(19(28)22(16)5)11-14(26)29-9-4/h10,15H,6-9,11H2,1-5H3/q+1. The van der Waals surface area contributed by atoms with Crippen molar-refractivity contribution in [2.24, 2.45) is 4.99 Å². The first-order valence-electron chi connectivity index (χ1n) is 9.92. The van der Waals surface area contributed by atoms with Crippen molar-refractivity contribution in [1.82, 2.24) is 19.6 Å². The normalized spacial score (nSPS) is 19.1. The maximum Gasteiger partial charge on any atom is 0.421 e. The molecule has 1 aromatic rings. The number of hydrogen-bond donors (Lipinski definition) is 0. The summed E-state index contributed by atoms with van der Waals surface area (Å²) < 4.78 is 8.46. The highest BCUT2D eigenvalue weighted by atomic mass is 16.5. The zero-order valence-electron chi connectivity index (χ0n) is 17.5. The van der Waals surface area contributed by atoms with Crippen LogP contribution in [0.2, 0.25) is 0 Å². The number of likely N-dealkylation sites (N-methyl/N-ethyl adjacent to an activating group) is 2. The highest BCUT2D eigenvalue weighted by molar-refractivity contribution is 6.23. The highest BCUT2D eigenvalue weighted by Crippen LogP contribution is 2.21. The number of imide groups is 1. The number of aromatic nitrogens is 2. The Morgan fingerprint density at radius 3 is 2.52 bits per heavy atom. The number of nitrogens with zero attached hydrogens (tertiary/aromatic N) is 6. The van der Waals surface area contributed by atoms with Crippen LogP contribution in [0.4, 0.5) is 4.79 Å². The molecule has 29 heavy (non-hydrogen) atoms. The molecule has 0 N–H and O–H groups in total. The number of carbonyl (C=O) groups excluding carboxylic acids is 3. The van der Waals surface area contributed by atoms with Gasteiger partial charge in [-0.1, -0.05) is 18.8 Å². The predicted molar refractivity (Wildman–Crippen MR) is 105 cm³/mol. The van der Waals surface area contributed by atoms with Crippen molar-refractivity contribution < 1.29 is 23.7 Å². The molecule has 1 aromatic heterocycles. The van der Waals surface area contributed by atoms with Crippen LogP contribution < -0.4 is 0 Å². The largest absolute Gasteiger partial charge is 0.465 e. The SMILES string of the molecule is CCOC(=O)CN1C(=O)C2C(=NC(n3nc(CC)cc3CC)=[N+]2CC)N(C)C1=O. The molecule has 1 unspecified atom stereocenters. The second-order valence-corrected chi connectivity index (χ2v) is 6.78. The number of amides is 3. The third-order valence-electron chi connectivity index (χ3n) is 5.07. The topological polar surface area (TPSA) is 100 Å². The van der Waals surface area contributed by atoms with Crippen molar-refractivity contribution in [3.05, 3.63) is 17.5 Å². The van der Waals surface area contributed by atoms with E-state index >= 15 is 0 Å². The molecule has 1 atom stereocenters. The van der Waals surface area contributed by atoms with E-state index in [1.54, 1.807) is 18.7 Å². The average Bonchev–Trinajstić information content (AvgIpc) is 3.30. The Kier molecular flexibility index (Phi) is 5.81. The van der Waals surface area contributed by atoms with Crippen LogP contribution in [0.15, 0.2) is 11.1 Å². The van der Waals surface area contributed by atoms with E-state index in [0.717, 1.165) is 29.1 Å². The number of ether oxygens (including phenoxy) is 1. The quantitative estimate of drug-likeness (QED) is 0.508. The molecule has 10 heteroatoms. The lowest BCUT2D eigenvalue weighted by atomic mass is 10.1. The van der Waals surface area contributed by atoms with Gasteiger partial charge >= 0.3 is 18.0 Å². The molecule has 3 heterocycles. The first kappa shape index (κ1) is 20.7. The second kappa shape index (κ2) is 8.14. The van der Waals surface area contributed by atoms with Gasteiger partial charge in [0.1, 0.15) is 12.2 Å². The zero-order chi connectivity index (χ0) is 21.3. The Labute approximate surface area is 169 Å². The molecular formula is C19H27N6O4+. The first-order chi connectivity index (χ1) is 13.9. The number of urea groups is 1. The number of hydrogen-bond acceptors (Lipinski definition) is 6. The molecule has 10 nitrogen and oxygen atoms in total. The number of esters is 1. The van der Waals surface area contributed by atoms with Gasteiger partial charge in [-0.2, -0.15) is 0 Å². The van der Waals surface area contributed by atoms with E-state index in [-0.39, 0.29) is 6.61 Å². The van der Waals surface area contributed by atoms with Gasteiger partial charge in [-0.25, -0.2) is 14.3 Å². The molecule has 156 valence electrons. The monoisotopic (exact) mass is 403 g/mol. The van der Waals surface area contributed by atoms with E-state index in [0.29, 0.717) is 18.3 Å². The van der Waals surface area contributed by atoms with Crippen molar-refractivity contribution >= 4 is 29.7 Å². The van der Waals surface area contributed by atoms with E-state index in [9.17, 15) is 14.4 Å². The van der Waals surface area contributed by atoms with Crippen LogP contribution >= 0.6 is 0 Å². The van der Waals surface area contributed by atoms with Gasteiger partial charge in [-0.15, -0.1) is 9.78 Å². The summed E-state index contributed by atoms with van der Waals surface area (Å²) in [6.07, 6.45) is 1.53. The summed E-state index contributed by atoms with van der Waals surface area (Å²) in [4.78, 5) is 44.7. The molecule has 2 aliphatic rings. The second-order valence-electron chi connectivity index (χ2n) is 6.78. The Balaban J connectivity index is 2.05. The fraction of sp³-hybridized carbons (Fsp3) is 0.579. The van der Waals surface area contributed by atoms with Gasteiger partial charge < -0.3 is 4.74 Å². The molecule has 2 aliphatic heterocycles. The average molecular weight is 403 g/mol. The van der Waals surface area contributed by atoms with E-state index < -0.39 is 30.5 Å². The Hall–Kier alpha value is -3.04. The van der Waals surface area contributed by atoms with Crippen molar-refractivity contribution in [3.63, 3.8) is 0 Å². The van der Waals surface area contributed by atoms with Crippen LogP contribution in [-0.2, 0) is 27.2 Å². The van der Waals surface area contributed by atoms with Gasteiger partial charge in [0.05, 0.1) is 18.8 Å². The molecule has 1 fully saturated rings. The van der Waals surface area contributed by atoms with Crippen molar-refractivity contribution in [3.8, 4) is 0 Å². The van der Waals surface area contributed by atoms with Crippen molar-refractivity contribution in [2.75, 3.05) is 26.7 Å². The zero-order valence-corrected chi connectivity index (χ0v) is 17.5. The van der Waals surface area contributed by atoms with Gasteiger partial charge in [0, 0.05) is 13.5 Å². The number of aryl methyl sites for hydroxylation is 2. The van der Waals surface area contributed by atoms with Crippen LogP contribution in [0.5, 0.6) is 0 Å². The maximum absolute atomic E-state index is 13.2. The van der Waals surface area contributed by atoms with Gasteiger partial charge in [0.25, 0.3) is 5.91 Å². The van der Waals surface area contributed by atoms with Gasteiger partial charge in [0.2, 0.25) is 11.9 Å². The Morgan fingerprint density at radius 2 is 1.93 bits per heavy atom. The number of rotatable bonds is 6. The summed E-state index contributed by atoms with van der Waals surface area (Å²) in [6, 6.07) is 0.638. The van der Waals surface area contributed by atoms with Crippen LogP contribution in [-0.4, -0.2) is 86.6 Å². The molecule has 3 amide bonds. The summed E-state index contributed by atoms with van der Waals surface area (Å²) in [5, 5.41) is 4.63. The maximum atomic E-state index is 13.2. The Bertz CT molecular complexity index is 916. The minimum absolute atomic E-state index is 0.179. The van der Waals surface area contributed by atoms with Gasteiger partial charge in [0.15, 0.2) is 0 Å². The van der Waals surface area contributed by atoms with Gasteiger partial charge in [-0.3, -0.25) is 14.5 Å². The molecule has 1 saturated heterocycles. The molecule has 0 aliphatic carbocycles. The predicted octanol–water partition coefficient (Wildman–Crippen LogP) is 0.482. The third-order valence-corrected chi connectivity index (χ3v) is 5.07. The summed E-state index contributed by atoms with van der Waals surface area (Å²) in [6.45, 7) is 7.88. The smallest absolute Gasteiger partial charge is 0.421 e. The number of carbonyl (C=O) groups is 3. The molecular weight excluding hydrogens is 376 g/mol. The Morgan fingerprint density at radius 1 is 1.21 bits per heavy atom. The van der Waals surface area contributed by atoms with E-state index in [1.165, 1.54) is 4.90 Å². The van der Waals surface area contributed by atoms with Crippen molar-refractivity contribution in [1.29, 1.82) is 0 Å². The van der Waals surface area contributed by atoms with Crippen LogP contribution in [0.3, 0.4) is 0 Å². The molecule has 0 bridgehead atoms. The number of fused-ring (bicyclic) bond motifs is 1. The van der Waals surface area contributed by atoms with Crippen molar-refractivity contribution in [2.45, 2.75) is 46.6 Å². The lowest BCUT2D eigenvalue weighted by Gasteiger charge is -2.33. The van der Waals surface area contributed by atoms with Crippen LogP contribution in [0.25, 0.3) is 0 Å². The molecule has 0 radical (unpaired) electrons. The van der Waals surface area contributed by atoms with Crippen LogP contribution in [0, 0.1) is 0 Å². The molecule has 0 aromatic carbocycles. The molecule has 0 spiro atoms. The third kappa shape index (κ3) is 3.43. The number of aliphatic imine (C=N–C) groups is 1. The summed E-state index contributed by atoms with van der Waals surface area (Å²) >= 11 is 0. The molecule has 3 rings (SSSR count). The lowest BCUT2D eigenvalue weighted by molar-refractivity contribution is -0.534. The number of amidine groups is 1. The minimum atomic E-state index is -0.786.